The van der Waals surface area contributed by atoms with Gasteiger partial charge in [-0.2, -0.15) is 0 Å². The third-order valence-corrected chi connectivity index (χ3v) is 9.17. The van der Waals surface area contributed by atoms with Crippen LogP contribution in [0.3, 0.4) is 0 Å². The molecule has 1 saturated heterocycles. The van der Waals surface area contributed by atoms with Crippen LogP contribution in [0.5, 0.6) is 17.2 Å². The quantitative estimate of drug-likeness (QED) is 0.278. The first-order valence-electron chi connectivity index (χ1n) is 14.3. The Hall–Kier alpha value is -5.37. The molecule has 44 heavy (non-hydrogen) atoms. The van der Waals surface area contributed by atoms with E-state index in [1.807, 2.05) is 65.7 Å². The second-order valence-electron chi connectivity index (χ2n) is 11.1. The van der Waals surface area contributed by atoms with E-state index in [1.165, 1.54) is 21.3 Å². The maximum absolute atomic E-state index is 15.2. The number of fused-ring (bicyclic) bond motifs is 6. The fourth-order valence-corrected chi connectivity index (χ4v) is 7.34. The third kappa shape index (κ3) is 3.73. The Bertz CT molecular complexity index is 1870. The Balaban J connectivity index is 1.55. The van der Waals surface area contributed by atoms with Crippen LogP contribution in [0.4, 0.5) is 5.69 Å². The molecule has 4 atom stereocenters. The molecule has 220 valence electrons. The van der Waals surface area contributed by atoms with Crippen LogP contribution in [-0.4, -0.2) is 49.7 Å². The van der Waals surface area contributed by atoms with Gasteiger partial charge in [-0.25, -0.2) is 0 Å². The summed E-state index contributed by atoms with van der Waals surface area (Å²) in [4.78, 5) is 46.6. The van der Waals surface area contributed by atoms with E-state index in [9.17, 15) is 9.59 Å². The number of para-hydroxylation sites is 2. The Kier molecular flexibility index (Phi) is 6.50. The lowest BCUT2D eigenvalue weighted by Crippen LogP contribution is -2.49. The number of carbonyl (C=O) groups is 3. The highest BCUT2D eigenvalue weighted by molar-refractivity contribution is 6.17. The maximum atomic E-state index is 15.2. The van der Waals surface area contributed by atoms with Gasteiger partial charge in [-0.05, 0) is 53.1 Å². The zero-order valence-electron chi connectivity index (χ0n) is 24.4. The monoisotopic (exact) mass is 586 g/mol. The first-order valence-corrected chi connectivity index (χ1v) is 14.3. The Morgan fingerprint density at radius 3 is 2.27 bits per heavy atom. The highest BCUT2D eigenvalue weighted by Gasteiger charge is 2.71. The molecular weight excluding hydrogens is 556 g/mol. The smallest absolute Gasteiger partial charge is 0.238 e. The fourth-order valence-electron chi connectivity index (χ4n) is 7.34. The average Bonchev–Trinajstić information content (AvgIpc) is 3.55. The zero-order valence-corrected chi connectivity index (χ0v) is 24.4. The minimum Gasteiger partial charge on any atom is -0.497 e. The standard InChI is InChI=1S/C36H30N2O6/c1-42-22-16-17-25(29(20-22)44-3)32(39)30-31(33(40)24-12-6-9-15-28(24)43-2)38-19-18-21-10-4-5-11-23(21)34(38)36(30)26-13-7-8-14-27(26)37-35(36)41/h4-20,30-31,34H,1-3H3,(H,37,41)/t30-,31+,34+,36-/m0/s1. The van der Waals surface area contributed by atoms with Crippen molar-refractivity contribution in [2.24, 2.45) is 5.92 Å². The molecule has 3 aliphatic rings. The number of nitrogens with one attached hydrogen (secondary N) is 1. The largest absolute Gasteiger partial charge is 0.497 e. The number of amides is 1. The number of Topliss-reactive ketones (excluding diaryl/α,β-unsaturated/α-hetero) is 2. The Labute approximate surface area is 254 Å². The van der Waals surface area contributed by atoms with Crippen molar-refractivity contribution in [1.82, 2.24) is 4.90 Å². The van der Waals surface area contributed by atoms with Crippen molar-refractivity contribution in [3.63, 3.8) is 0 Å². The number of anilines is 1. The minimum absolute atomic E-state index is 0.254. The maximum Gasteiger partial charge on any atom is 0.238 e. The number of benzene rings is 4. The molecule has 0 aliphatic carbocycles. The van der Waals surface area contributed by atoms with Gasteiger partial charge in [0.05, 0.1) is 44.4 Å². The zero-order chi connectivity index (χ0) is 30.6. The van der Waals surface area contributed by atoms with Crippen molar-refractivity contribution in [2.45, 2.75) is 17.5 Å². The summed E-state index contributed by atoms with van der Waals surface area (Å²) in [5.41, 5.74) is 2.20. The molecule has 0 saturated carbocycles. The Morgan fingerprint density at radius 2 is 1.48 bits per heavy atom. The molecule has 1 amide bonds. The second kappa shape index (κ2) is 10.4. The van der Waals surface area contributed by atoms with Crippen molar-refractivity contribution in [3.8, 4) is 17.2 Å². The normalized spacial score (nSPS) is 22.6. The molecule has 1 N–H and O–H groups in total. The lowest BCUT2D eigenvalue weighted by Gasteiger charge is -2.38. The van der Waals surface area contributed by atoms with Crippen molar-refractivity contribution in [1.29, 1.82) is 0 Å². The van der Waals surface area contributed by atoms with Gasteiger partial charge < -0.3 is 24.4 Å². The topological polar surface area (TPSA) is 94.2 Å². The number of hydrogen-bond donors (Lipinski definition) is 1. The minimum atomic E-state index is -1.46. The Morgan fingerprint density at radius 1 is 0.773 bits per heavy atom. The predicted octanol–water partition coefficient (Wildman–Crippen LogP) is 5.69. The van der Waals surface area contributed by atoms with Crippen molar-refractivity contribution in [2.75, 3.05) is 26.6 Å². The summed E-state index contributed by atoms with van der Waals surface area (Å²) >= 11 is 0. The summed E-state index contributed by atoms with van der Waals surface area (Å²) in [5.74, 6) is -0.992. The number of ether oxygens (including phenoxy) is 3. The summed E-state index contributed by atoms with van der Waals surface area (Å²) in [6.07, 6.45) is 3.78. The molecule has 7 rings (SSSR count). The molecule has 3 aliphatic heterocycles. The molecule has 0 bridgehead atoms. The van der Waals surface area contributed by atoms with Gasteiger partial charge in [-0.3, -0.25) is 14.4 Å². The lowest BCUT2D eigenvalue weighted by molar-refractivity contribution is -0.122. The molecule has 1 spiro atoms. The number of nitrogens with zero attached hydrogens (tertiary/aromatic N) is 1. The van der Waals surface area contributed by atoms with Crippen LogP contribution >= 0.6 is 0 Å². The van der Waals surface area contributed by atoms with Crippen molar-refractivity contribution < 1.29 is 28.6 Å². The number of rotatable bonds is 7. The second-order valence-corrected chi connectivity index (χ2v) is 11.1. The van der Waals surface area contributed by atoms with Gasteiger partial charge in [-0.15, -0.1) is 0 Å². The van der Waals surface area contributed by atoms with Crippen molar-refractivity contribution >= 4 is 29.2 Å². The van der Waals surface area contributed by atoms with Crippen LogP contribution in [0.2, 0.25) is 0 Å². The van der Waals surface area contributed by atoms with Gasteiger partial charge in [0.25, 0.3) is 0 Å². The summed E-state index contributed by atoms with van der Waals surface area (Å²) in [6, 6.07) is 25.4. The van der Waals surface area contributed by atoms with Gasteiger partial charge in [0.15, 0.2) is 11.6 Å². The van der Waals surface area contributed by atoms with E-state index in [0.29, 0.717) is 34.1 Å². The van der Waals surface area contributed by atoms with Gasteiger partial charge in [0.2, 0.25) is 5.91 Å². The van der Waals surface area contributed by atoms with E-state index < -0.39 is 23.4 Å². The summed E-state index contributed by atoms with van der Waals surface area (Å²) in [5, 5.41) is 3.07. The van der Waals surface area contributed by atoms with Gasteiger partial charge >= 0.3 is 0 Å². The van der Waals surface area contributed by atoms with Crippen LogP contribution in [0.1, 0.15) is 43.4 Å². The summed E-state index contributed by atoms with van der Waals surface area (Å²) < 4.78 is 16.7. The molecule has 0 unspecified atom stereocenters. The van der Waals surface area contributed by atoms with Crippen LogP contribution in [0.15, 0.2) is 97.2 Å². The van der Waals surface area contributed by atoms with E-state index >= 15 is 4.79 Å². The first-order chi connectivity index (χ1) is 21.4. The van der Waals surface area contributed by atoms with Crippen LogP contribution in [0.25, 0.3) is 6.08 Å². The molecule has 8 heteroatoms. The fraction of sp³-hybridized carbons (Fsp3) is 0.194. The van der Waals surface area contributed by atoms with E-state index in [-0.39, 0.29) is 23.0 Å². The number of methoxy groups -OCH3 is 3. The van der Waals surface area contributed by atoms with E-state index in [0.717, 1.165) is 11.1 Å². The first kappa shape index (κ1) is 27.5. The van der Waals surface area contributed by atoms with E-state index in [1.54, 1.807) is 42.5 Å². The van der Waals surface area contributed by atoms with Gasteiger partial charge in [0, 0.05) is 18.0 Å². The molecule has 0 radical (unpaired) electrons. The van der Waals surface area contributed by atoms with Crippen LogP contribution in [0, 0.1) is 5.92 Å². The molecule has 8 nitrogen and oxygen atoms in total. The van der Waals surface area contributed by atoms with Gasteiger partial charge in [0.1, 0.15) is 28.7 Å². The lowest BCUT2D eigenvalue weighted by atomic mass is 9.62. The van der Waals surface area contributed by atoms with Crippen LogP contribution < -0.4 is 19.5 Å². The van der Waals surface area contributed by atoms with E-state index in [4.69, 9.17) is 14.2 Å². The highest BCUT2D eigenvalue weighted by Crippen LogP contribution is 2.62. The van der Waals surface area contributed by atoms with Crippen molar-refractivity contribution in [3.05, 3.63) is 125 Å². The SMILES string of the molecule is COc1ccc(C(=O)[C@@H]2[C@H](C(=O)c3ccccc3OC)N3C=Cc4ccccc4[C@@H]3[C@@]23C(=O)Nc2ccccc23)c(OC)c1. The number of ketones is 2. The average molecular weight is 587 g/mol. The van der Waals surface area contributed by atoms with Gasteiger partial charge in [-0.1, -0.05) is 54.6 Å². The number of hydrogen-bond acceptors (Lipinski definition) is 7. The molecule has 1 fully saturated rings. The van der Waals surface area contributed by atoms with E-state index in [2.05, 4.69) is 5.32 Å². The molecule has 3 heterocycles. The molecule has 4 aromatic rings. The number of carbonyl (C=O) groups excluding carboxylic acids is 3. The summed E-state index contributed by atoms with van der Waals surface area (Å²) in [6.45, 7) is 0. The van der Waals surface area contributed by atoms with Crippen LogP contribution in [-0.2, 0) is 10.2 Å². The predicted molar refractivity (Wildman–Crippen MR) is 165 cm³/mol. The molecule has 4 aromatic carbocycles. The molecule has 0 aromatic heterocycles. The third-order valence-electron chi connectivity index (χ3n) is 9.17. The summed E-state index contributed by atoms with van der Waals surface area (Å²) in [7, 11) is 4.52. The highest BCUT2D eigenvalue weighted by atomic mass is 16.5. The molecular formula is C36H30N2O6.